The van der Waals surface area contributed by atoms with Crippen LogP contribution in [0.4, 0.5) is 0 Å². The van der Waals surface area contributed by atoms with Gasteiger partial charge in [0.25, 0.3) is 0 Å². The molecular weight excluding hydrogens is 337 g/mol. The molecule has 5 nitrogen and oxygen atoms in total. The number of halogens is 2. The van der Waals surface area contributed by atoms with Gasteiger partial charge in [-0.25, -0.2) is 17.9 Å². The van der Waals surface area contributed by atoms with Crippen LogP contribution in [0.1, 0.15) is 23.7 Å². The molecule has 1 N–H and O–H groups in total. The van der Waals surface area contributed by atoms with Crippen LogP contribution in [-0.2, 0) is 14.8 Å². The molecule has 0 spiro atoms. The average molecular weight is 352 g/mol. The van der Waals surface area contributed by atoms with E-state index in [0.717, 1.165) is 0 Å². The minimum absolute atomic E-state index is 0.0433. The van der Waals surface area contributed by atoms with Gasteiger partial charge >= 0.3 is 5.97 Å². The second-order valence-corrected chi connectivity index (χ2v) is 8.10. The zero-order valence-corrected chi connectivity index (χ0v) is 13.6. The Morgan fingerprint density at radius 1 is 1.38 bits per heavy atom. The van der Waals surface area contributed by atoms with Crippen molar-refractivity contribution in [2.24, 2.45) is 5.92 Å². The lowest BCUT2D eigenvalue weighted by Crippen LogP contribution is -2.23. The fourth-order valence-corrected chi connectivity index (χ4v) is 3.29. The van der Waals surface area contributed by atoms with E-state index in [2.05, 4.69) is 4.72 Å². The number of rotatable bonds is 6. The zero-order chi connectivity index (χ0) is 15.7. The molecule has 1 atom stereocenters. The molecule has 1 unspecified atom stereocenters. The molecule has 1 aromatic rings. The first-order valence-electron chi connectivity index (χ1n) is 6.41. The maximum Gasteiger partial charge on any atom is 0.338 e. The summed E-state index contributed by atoms with van der Waals surface area (Å²) in [4.78, 5) is 11.9. The van der Waals surface area contributed by atoms with E-state index >= 15 is 0 Å². The molecule has 0 aromatic heterocycles. The fourth-order valence-electron chi connectivity index (χ4n) is 1.75. The van der Waals surface area contributed by atoms with Gasteiger partial charge in [0.1, 0.15) is 4.33 Å². The Bertz CT molecular complexity index is 628. The van der Waals surface area contributed by atoms with Gasteiger partial charge in [0.2, 0.25) is 10.0 Å². The van der Waals surface area contributed by atoms with Crippen LogP contribution in [0.2, 0.25) is 0 Å². The maximum absolute atomic E-state index is 11.8. The molecule has 0 amide bonds. The third kappa shape index (κ3) is 4.10. The predicted octanol–water partition coefficient (Wildman–Crippen LogP) is 2.34. The summed E-state index contributed by atoms with van der Waals surface area (Å²) in [6.07, 6.45) is 0.600. The van der Waals surface area contributed by atoms with Crippen molar-refractivity contribution in [1.29, 1.82) is 0 Å². The van der Waals surface area contributed by atoms with Crippen molar-refractivity contribution in [3.05, 3.63) is 29.8 Å². The summed E-state index contributed by atoms with van der Waals surface area (Å²) in [6.45, 7) is 2.14. The van der Waals surface area contributed by atoms with Crippen LogP contribution >= 0.6 is 23.2 Å². The lowest BCUT2D eigenvalue weighted by molar-refractivity contribution is 0.0485. The lowest BCUT2D eigenvalue weighted by atomic mass is 10.2. The van der Waals surface area contributed by atoms with Gasteiger partial charge in [-0.2, -0.15) is 0 Å². The number of carbonyl (C=O) groups is 1. The van der Waals surface area contributed by atoms with Gasteiger partial charge in [-0.1, -0.05) is 6.92 Å². The van der Waals surface area contributed by atoms with E-state index in [1.165, 1.54) is 24.3 Å². The first-order chi connectivity index (χ1) is 9.76. The third-order valence-electron chi connectivity index (χ3n) is 3.11. The SMILES string of the molecule is CCNS(=O)(=O)c1ccc(C(=O)OCC2CC2(Cl)Cl)cc1. The Labute approximate surface area is 133 Å². The molecule has 1 fully saturated rings. The number of hydrogen-bond acceptors (Lipinski definition) is 4. The molecule has 1 saturated carbocycles. The van der Waals surface area contributed by atoms with Crippen LogP contribution in [0, 0.1) is 5.92 Å². The third-order valence-corrected chi connectivity index (χ3v) is 5.59. The van der Waals surface area contributed by atoms with Crippen LogP contribution in [0.5, 0.6) is 0 Å². The summed E-state index contributed by atoms with van der Waals surface area (Å²) in [7, 11) is -3.52. The molecule has 8 heteroatoms. The number of carbonyl (C=O) groups excluding carboxylic acids is 1. The molecule has 0 radical (unpaired) electrons. The fraction of sp³-hybridized carbons (Fsp3) is 0.462. The highest BCUT2D eigenvalue weighted by atomic mass is 35.5. The first-order valence-corrected chi connectivity index (χ1v) is 8.65. The van der Waals surface area contributed by atoms with Gasteiger partial charge in [0, 0.05) is 12.5 Å². The zero-order valence-electron chi connectivity index (χ0n) is 11.3. The number of nitrogens with one attached hydrogen (secondary N) is 1. The van der Waals surface area contributed by atoms with Crippen LogP contribution in [-0.4, -0.2) is 31.9 Å². The van der Waals surface area contributed by atoms with Crippen molar-refractivity contribution >= 4 is 39.2 Å². The van der Waals surface area contributed by atoms with Crippen molar-refractivity contribution in [3.8, 4) is 0 Å². The Kier molecular flexibility index (Phi) is 4.82. The molecule has 21 heavy (non-hydrogen) atoms. The van der Waals surface area contributed by atoms with Crippen LogP contribution in [0.15, 0.2) is 29.2 Å². The Balaban J connectivity index is 1.97. The minimum Gasteiger partial charge on any atom is -0.462 e. The van der Waals surface area contributed by atoms with E-state index in [-0.39, 0.29) is 23.0 Å². The highest BCUT2D eigenvalue weighted by Gasteiger charge is 2.52. The van der Waals surface area contributed by atoms with Gasteiger partial charge in [0.15, 0.2) is 0 Å². The lowest BCUT2D eigenvalue weighted by Gasteiger charge is -2.07. The summed E-state index contributed by atoms with van der Waals surface area (Å²) in [5, 5.41) is 0. The summed E-state index contributed by atoms with van der Waals surface area (Å²) in [5.41, 5.74) is 0.279. The number of benzene rings is 1. The summed E-state index contributed by atoms with van der Waals surface area (Å²) in [5.74, 6) is -0.573. The van der Waals surface area contributed by atoms with E-state index in [4.69, 9.17) is 27.9 Å². The largest absolute Gasteiger partial charge is 0.462 e. The van der Waals surface area contributed by atoms with E-state index in [1.807, 2.05) is 0 Å². The maximum atomic E-state index is 11.8. The Morgan fingerprint density at radius 3 is 2.43 bits per heavy atom. The number of sulfonamides is 1. The highest BCUT2D eigenvalue weighted by Crippen LogP contribution is 2.53. The Morgan fingerprint density at radius 2 is 1.95 bits per heavy atom. The molecule has 0 heterocycles. The van der Waals surface area contributed by atoms with Gasteiger partial charge in [-0.3, -0.25) is 0 Å². The van der Waals surface area contributed by atoms with Crippen molar-refractivity contribution in [1.82, 2.24) is 4.72 Å². The van der Waals surface area contributed by atoms with Gasteiger partial charge in [-0.05, 0) is 30.7 Å². The topological polar surface area (TPSA) is 72.5 Å². The molecule has 0 saturated heterocycles. The number of ether oxygens (including phenoxy) is 1. The number of hydrogen-bond donors (Lipinski definition) is 1. The van der Waals surface area contributed by atoms with Crippen molar-refractivity contribution < 1.29 is 17.9 Å². The standard InChI is InChI=1S/C13H15Cl2NO4S/c1-2-16-21(18,19)11-5-3-9(4-6-11)12(17)20-8-10-7-13(10,14)15/h3-6,10,16H,2,7-8H2,1H3. The van der Waals surface area contributed by atoms with E-state index in [0.29, 0.717) is 13.0 Å². The summed E-state index contributed by atoms with van der Waals surface area (Å²) in [6, 6.07) is 5.54. The van der Waals surface area contributed by atoms with E-state index < -0.39 is 20.3 Å². The van der Waals surface area contributed by atoms with E-state index in [9.17, 15) is 13.2 Å². The second kappa shape index (κ2) is 6.12. The molecule has 0 bridgehead atoms. The highest BCUT2D eigenvalue weighted by molar-refractivity contribution is 7.89. The molecule has 1 aromatic carbocycles. The molecule has 2 rings (SSSR count). The van der Waals surface area contributed by atoms with Crippen molar-refractivity contribution in [3.63, 3.8) is 0 Å². The monoisotopic (exact) mass is 351 g/mol. The second-order valence-electron chi connectivity index (χ2n) is 4.79. The molecule has 0 aliphatic heterocycles. The van der Waals surface area contributed by atoms with Gasteiger partial charge < -0.3 is 4.74 Å². The Hall–Kier alpha value is -0.820. The first kappa shape index (κ1) is 16.5. The van der Waals surface area contributed by atoms with Crippen molar-refractivity contribution in [2.45, 2.75) is 22.6 Å². The van der Waals surface area contributed by atoms with Crippen LogP contribution < -0.4 is 4.72 Å². The molecule has 116 valence electrons. The molecule has 1 aliphatic carbocycles. The number of alkyl halides is 2. The number of esters is 1. The summed E-state index contributed by atoms with van der Waals surface area (Å²) < 4.78 is 30.2. The smallest absolute Gasteiger partial charge is 0.338 e. The van der Waals surface area contributed by atoms with Crippen molar-refractivity contribution in [2.75, 3.05) is 13.2 Å². The quantitative estimate of drug-likeness (QED) is 0.630. The van der Waals surface area contributed by atoms with Crippen LogP contribution in [0.25, 0.3) is 0 Å². The summed E-state index contributed by atoms with van der Waals surface area (Å²) >= 11 is 11.7. The predicted molar refractivity (Wildman–Crippen MR) is 80.1 cm³/mol. The molecule has 1 aliphatic rings. The van der Waals surface area contributed by atoms with Gasteiger partial charge in [0.05, 0.1) is 17.1 Å². The van der Waals surface area contributed by atoms with Gasteiger partial charge in [-0.15, -0.1) is 23.2 Å². The average Bonchev–Trinajstić information content (AvgIpc) is 3.04. The normalized spacial score (nSPS) is 20.0. The van der Waals surface area contributed by atoms with Crippen LogP contribution in [0.3, 0.4) is 0 Å². The van der Waals surface area contributed by atoms with E-state index in [1.54, 1.807) is 6.92 Å². The minimum atomic E-state index is -3.52. The molecular formula is C13H15Cl2NO4S.